The summed E-state index contributed by atoms with van der Waals surface area (Å²) in [6, 6.07) is 13.1. The molecule has 1 spiro atoms. The lowest BCUT2D eigenvalue weighted by atomic mass is 9.20. The fraction of sp³-hybridized carbons (Fsp3) is 0.581. The molecule has 4 nitrogen and oxygen atoms in total. The van der Waals surface area contributed by atoms with E-state index in [9.17, 15) is 14.3 Å². The van der Waals surface area contributed by atoms with Crippen LogP contribution in [-0.4, -0.2) is 52.5 Å². The van der Waals surface area contributed by atoms with E-state index in [2.05, 4.69) is 28.9 Å². The van der Waals surface area contributed by atoms with Crippen LogP contribution in [0.3, 0.4) is 0 Å². The molecular weight excluding hydrogens is 451 g/mol. The standard InChI is InChI=1S/C31H35FN2O2/c1-2-25-28-27-21(17-34(25)29(36)20-4-3-5-22(32)12-20)15-31(27)26-13-19-8-9-23(35)14-24(19)30(28,31)10-11-33(26)16-18-6-7-18/h3-5,8-9,12,14,18,21,25-28,35H,2,6-7,10-11,13,15-17H2,1H3/t21-,25?,26?,27?,28?,30?,31?/m1/s1. The molecule has 1 N–H and O–H groups in total. The van der Waals surface area contributed by atoms with Gasteiger partial charge in [-0.3, -0.25) is 9.69 Å². The number of piperidine rings is 2. The summed E-state index contributed by atoms with van der Waals surface area (Å²) in [5.74, 6) is 2.49. The van der Waals surface area contributed by atoms with Crippen molar-refractivity contribution >= 4 is 5.91 Å². The molecule has 2 aromatic carbocycles. The van der Waals surface area contributed by atoms with Gasteiger partial charge in [-0.15, -0.1) is 0 Å². The third kappa shape index (κ3) is 2.46. The van der Waals surface area contributed by atoms with Crippen LogP contribution in [0.4, 0.5) is 4.39 Å². The number of likely N-dealkylation sites (tertiary alicyclic amines) is 2. The third-order valence-corrected chi connectivity index (χ3v) is 11.5. The second-order valence-corrected chi connectivity index (χ2v) is 12.7. The lowest BCUT2D eigenvalue weighted by Gasteiger charge is -2.88. The number of fused-ring (bicyclic) bond motifs is 1. The first kappa shape index (κ1) is 21.7. The number of hydrogen-bond donors (Lipinski definition) is 1. The summed E-state index contributed by atoms with van der Waals surface area (Å²) < 4.78 is 14.0. The van der Waals surface area contributed by atoms with E-state index in [1.165, 1.54) is 49.1 Å². The highest BCUT2D eigenvalue weighted by atomic mass is 19.1. The zero-order valence-electron chi connectivity index (χ0n) is 21.0. The molecule has 2 aromatic rings. The molecule has 5 heteroatoms. The minimum atomic E-state index is -0.351. The Morgan fingerprint density at radius 1 is 1.17 bits per heavy atom. The second-order valence-electron chi connectivity index (χ2n) is 12.7. The molecule has 188 valence electrons. The Morgan fingerprint density at radius 2 is 2.03 bits per heavy atom. The van der Waals surface area contributed by atoms with E-state index in [1.807, 2.05) is 6.07 Å². The molecule has 4 aliphatic carbocycles. The number of rotatable bonds is 4. The lowest BCUT2D eigenvalue weighted by Crippen LogP contribution is -2.90. The van der Waals surface area contributed by atoms with Gasteiger partial charge in [0.25, 0.3) is 5.91 Å². The van der Waals surface area contributed by atoms with Crippen LogP contribution in [-0.2, 0) is 11.8 Å². The van der Waals surface area contributed by atoms with Gasteiger partial charge in [-0.25, -0.2) is 4.39 Å². The predicted octanol–water partition coefficient (Wildman–Crippen LogP) is 5.00. The average molecular weight is 487 g/mol. The molecule has 1 amide bonds. The summed E-state index contributed by atoms with van der Waals surface area (Å²) in [5.41, 5.74) is 3.58. The maximum absolute atomic E-state index is 14.0. The summed E-state index contributed by atoms with van der Waals surface area (Å²) in [5, 5.41) is 10.6. The number of benzene rings is 2. The first-order valence-corrected chi connectivity index (χ1v) is 14.1. The summed E-state index contributed by atoms with van der Waals surface area (Å²) >= 11 is 0. The SMILES string of the molecule is CCC1C2C3[C@@H](CN1C(=O)c1cccc(F)c1)CC31C3Cc4ccc(O)cc4C21CCN3CC1CC1. The van der Waals surface area contributed by atoms with E-state index in [0.717, 1.165) is 38.3 Å². The molecule has 7 atom stereocenters. The molecule has 36 heavy (non-hydrogen) atoms. The van der Waals surface area contributed by atoms with Gasteiger partial charge in [-0.1, -0.05) is 19.1 Å². The molecule has 8 rings (SSSR count). The minimum absolute atomic E-state index is 0.0183. The van der Waals surface area contributed by atoms with Crippen molar-refractivity contribution in [3.63, 3.8) is 0 Å². The maximum Gasteiger partial charge on any atom is 0.254 e. The molecule has 3 saturated carbocycles. The Labute approximate surface area is 212 Å². The van der Waals surface area contributed by atoms with Crippen LogP contribution < -0.4 is 0 Å². The zero-order chi connectivity index (χ0) is 24.4. The number of carbonyl (C=O) groups excluding carboxylic acids is 1. The number of carbonyl (C=O) groups is 1. The van der Waals surface area contributed by atoms with Gasteiger partial charge in [-0.2, -0.15) is 0 Å². The van der Waals surface area contributed by atoms with Crippen molar-refractivity contribution in [3.8, 4) is 5.75 Å². The molecule has 2 saturated heterocycles. The first-order valence-electron chi connectivity index (χ1n) is 14.1. The summed E-state index contributed by atoms with van der Waals surface area (Å²) in [6.07, 6.45) is 7.09. The highest BCUT2D eigenvalue weighted by Gasteiger charge is 2.85. The molecule has 6 unspecified atom stereocenters. The monoisotopic (exact) mass is 486 g/mol. The summed E-state index contributed by atoms with van der Waals surface area (Å²) in [4.78, 5) is 18.7. The van der Waals surface area contributed by atoms with Crippen LogP contribution in [0.1, 0.15) is 60.5 Å². The van der Waals surface area contributed by atoms with Crippen molar-refractivity contribution in [2.45, 2.75) is 62.9 Å². The van der Waals surface area contributed by atoms with Crippen molar-refractivity contribution in [1.82, 2.24) is 9.80 Å². The highest BCUT2D eigenvalue weighted by molar-refractivity contribution is 5.94. The number of phenols is 1. The quantitative estimate of drug-likeness (QED) is 0.662. The highest BCUT2D eigenvalue weighted by Crippen LogP contribution is 2.84. The molecular formula is C31H35FN2O2. The number of halogens is 1. The lowest BCUT2D eigenvalue weighted by molar-refractivity contribution is -0.349. The zero-order valence-corrected chi connectivity index (χ0v) is 21.0. The molecule has 5 fully saturated rings. The van der Waals surface area contributed by atoms with Gasteiger partial charge in [0.1, 0.15) is 11.6 Å². The Bertz CT molecular complexity index is 1270. The van der Waals surface area contributed by atoms with Crippen LogP contribution in [0.25, 0.3) is 0 Å². The van der Waals surface area contributed by atoms with E-state index in [4.69, 9.17) is 0 Å². The molecule has 0 aromatic heterocycles. The van der Waals surface area contributed by atoms with Gasteiger partial charge < -0.3 is 10.0 Å². The average Bonchev–Trinajstić information content (AvgIpc) is 3.67. The number of amides is 1. The fourth-order valence-electron chi connectivity index (χ4n) is 10.3. The van der Waals surface area contributed by atoms with E-state index in [1.54, 1.807) is 12.1 Å². The van der Waals surface area contributed by atoms with Crippen molar-refractivity contribution < 1.29 is 14.3 Å². The van der Waals surface area contributed by atoms with Crippen molar-refractivity contribution in [2.75, 3.05) is 19.6 Å². The number of nitrogens with zero attached hydrogens (tertiary/aromatic N) is 2. The Hall–Kier alpha value is -2.40. The topological polar surface area (TPSA) is 43.8 Å². The van der Waals surface area contributed by atoms with E-state index in [-0.39, 0.29) is 28.6 Å². The van der Waals surface area contributed by atoms with Gasteiger partial charge in [0.2, 0.25) is 0 Å². The largest absolute Gasteiger partial charge is 0.508 e. The second kappa shape index (κ2) is 7.12. The predicted molar refractivity (Wildman–Crippen MR) is 135 cm³/mol. The molecule has 6 aliphatic rings. The number of hydrogen-bond acceptors (Lipinski definition) is 3. The number of aromatic hydroxyl groups is 1. The minimum Gasteiger partial charge on any atom is -0.508 e. The van der Waals surface area contributed by atoms with Crippen molar-refractivity contribution in [1.29, 1.82) is 0 Å². The van der Waals surface area contributed by atoms with Crippen LogP contribution in [0.5, 0.6) is 5.75 Å². The Balaban J connectivity index is 1.24. The van der Waals surface area contributed by atoms with Crippen molar-refractivity contribution in [2.24, 2.45) is 29.1 Å². The Kier molecular flexibility index (Phi) is 4.29. The van der Waals surface area contributed by atoms with Gasteiger partial charge in [0, 0.05) is 41.6 Å². The van der Waals surface area contributed by atoms with Gasteiger partial charge in [-0.05, 0) is 110 Å². The first-order chi connectivity index (χ1) is 17.5. The third-order valence-electron chi connectivity index (χ3n) is 11.5. The summed E-state index contributed by atoms with van der Waals surface area (Å²) in [7, 11) is 0. The van der Waals surface area contributed by atoms with Gasteiger partial charge in [0.05, 0.1) is 0 Å². The molecule has 2 aliphatic heterocycles. The Morgan fingerprint density at radius 3 is 2.81 bits per heavy atom. The molecule has 2 heterocycles. The fourth-order valence-corrected chi connectivity index (χ4v) is 10.3. The van der Waals surface area contributed by atoms with Crippen LogP contribution >= 0.6 is 0 Å². The van der Waals surface area contributed by atoms with E-state index >= 15 is 0 Å². The molecule has 2 bridgehead atoms. The van der Waals surface area contributed by atoms with Gasteiger partial charge >= 0.3 is 0 Å². The molecule has 0 radical (unpaired) electrons. The van der Waals surface area contributed by atoms with E-state index < -0.39 is 0 Å². The van der Waals surface area contributed by atoms with E-state index in [0.29, 0.717) is 35.1 Å². The van der Waals surface area contributed by atoms with Crippen LogP contribution in [0.15, 0.2) is 42.5 Å². The normalized spacial score (nSPS) is 39.8. The number of phenolic OH excluding ortho intramolecular Hbond substituents is 1. The maximum atomic E-state index is 14.0. The van der Waals surface area contributed by atoms with Gasteiger partial charge in [0.15, 0.2) is 0 Å². The van der Waals surface area contributed by atoms with Crippen LogP contribution in [0.2, 0.25) is 0 Å². The van der Waals surface area contributed by atoms with Crippen molar-refractivity contribution in [3.05, 3.63) is 65.0 Å². The smallest absolute Gasteiger partial charge is 0.254 e. The summed E-state index contributed by atoms with van der Waals surface area (Å²) in [6.45, 7) is 5.40. The van der Waals surface area contributed by atoms with Crippen LogP contribution in [0, 0.1) is 34.9 Å².